The topological polar surface area (TPSA) is 96.0 Å². The number of aromatic amines is 1. The average Bonchev–Trinajstić information content (AvgIpc) is 3.15. The van der Waals surface area contributed by atoms with Crippen LogP contribution < -0.4 is 0 Å². The minimum Gasteiger partial charge on any atom is -0.335 e. The largest absolute Gasteiger partial charge is 0.335 e. The van der Waals surface area contributed by atoms with Crippen molar-refractivity contribution in [1.82, 2.24) is 19.9 Å². The predicted octanol–water partition coefficient (Wildman–Crippen LogP) is 2.52. The van der Waals surface area contributed by atoms with E-state index in [0.717, 1.165) is 6.42 Å². The number of rotatable bonds is 6. The third kappa shape index (κ3) is 4.32. The molecule has 7 nitrogen and oxygen atoms in total. The molecule has 2 atom stereocenters. The molecule has 0 aromatic carbocycles. The average molecular weight is 417 g/mol. The highest BCUT2D eigenvalue weighted by Crippen LogP contribution is 2.25. The molecule has 1 fully saturated rings. The quantitative estimate of drug-likeness (QED) is 0.727. The van der Waals surface area contributed by atoms with Gasteiger partial charge in [-0.1, -0.05) is 30.3 Å². The van der Waals surface area contributed by atoms with Crippen LogP contribution >= 0.6 is 23.4 Å². The number of nitrogens with zero attached hydrogens (tertiary/aromatic N) is 3. The van der Waals surface area contributed by atoms with E-state index >= 15 is 0 Å². The van der Waals surface area contributed by atoms with Gasteiger partial charge in [0, 0.05) is 18.3 Å². The Morgan fingerprint density at radius 3 is 2.96 bits per heavy atom. The van der Waals surface area contributed by atoms with Crippen LogP contribution in [0.1, 0.15) is 26.7 Å². The molecule has 2 aromatic heterocycles. The third-order valence-corrected chi connectivity index (χ3v) is 7.39. The first-order valence-corrected chi connectivity index (χ1v) is 11.6. The van der Waals surface area contributed by atoms with Gasteiger partial charge >= 0.3 is 0 Å². The Balaban J connectivity index is 1.70. The lowest BCUT2D eigenvalue weighted by Gasteiger charge is -2.33. The highest BCUT2D eigenvalue weighted by Gasteiger charge is 2.36. The molecule has 2 aromatic rings. The zero-order chi connectivity index (χ0) is 18.9. The van der Waals surface area contributed by atoms with E-state index in [2.05, 4.69) is 15.0 Å². The summed E-state index contributed by atoms with van der Waals surface area (Å²) in [6.07, 6.45) is 2.81. The van der Waals surface area contributed by atoms with Gasteiger partial charge in [-0.15, -0.1) is 0 Å². The summed E-state index contributed by atoms with van der Waals surface area (Å²) in [6.45, 7) is 3.96. The van der Waals surface area contributed by atoms with E-state index in [9.17, 15) is 13.2 Å². The normalized spacial score (nSPS) is 20.3. The second-order valence-electron chi connectivity index (χ2n) is 6.47. The summed E-state index contributed by atoms with van der Waals surface area (Å²) in [6, 6.07) is 1.49. The summed E-state index contributed by atoms with van der Waals surface area (Å²) < 4.78 is 23.6. The monoisotopic (exact) mass is 416 g/mol. The number of imidazole rings is 1. The van der Waals surface area contributed by atoms with Crippen molar-refractivity contribution in [2.75, 3.05) is 17.3 Å². The molecular weight excluding hydrogens is 396 g/mol. The number of thioether (sulfide) groups is 1. The lowest BCUT2D eigenvalue weighted by Crippen LogP contribution is -2.47. The predicted molar refractivity (Wildman–Crippen MR) is 103 cm³/mol. The Kier molecular flexibility index (Phi) is 5.78. The van der Waals surface area contributed by atoms with Crippen molar-refractivity contribution in [3.8, 4) is 0 Å². The summed E-state index contributed by atoms with van der Waals surface area (Å²) in [5.74, 6) is 0.328. The number of H-pyrrole nitrogens is 1. The lowest BCUT2D eigenvalue weighted by molar-refractivity contribution is -0.132. The summed E-state index contributed by atoms with van der Waals surface area (Å²) in [4.78, 5) is 26.1. The van der Waals surface area contributed by atoms with Crippen LogP contribution in [0, 0.1) is 0 Å². The number of carbonyl (C=O) groups excluding carboxylic acids is 1. The number of pyridine rings is 1. The summed E-state index contributed by atoms with van der Waals surface area (Å²) in [5.41, 5.74) is 1.26. The molecule has 1 aliphatic rings. The minimum atomic E-state index is -3.04. The lowest BCUT2D eigenvalue weighted by atomic mass is 10.1. The molecule has 0 unspecified atom stereocenters. The molecule has 10 heteroatoms. The van der Waals surface area contributed by atoms with Gasteiger partial charge in [-0.05, 0) is 25.8 Å². The molecule has 0 aliphatic carbocycles. The van der Waals surface area contributed by atoms with Crippen molar-refractivity contribution in [1.29, 1.82) is 0 Å². The van der Waals surface area contributed by atoms with Crippen LogP contribution in [0.2, 0.25) is 5.02 Å². The number of nitrogens with one attached hydrogen (secondary N) is 1. The molecule has 1 N–H and O–H groups in total. The molecule has 3 heterocycles. The van der Waals surface area contributed by atoms with Gasteiger partial charge in [-0.25, -0.2) is 18.4 Å². The molecule has 26 heavy (non-hydrogen) atoms. The fourth-order valence-electron chi connectivity index (χ4n) is 3.13. The van der Waals surface area contributed by atoms with E-state index in [1.807, 2.05) is 13.8 Å². The number of sulfone groups is 1. The molecular formula is C16H21ClN4O3S2. The van der Waals surface area contributed by atoms with Crippen molar-refractivity contribution in [3.05, 3.63) is 17.3 Å². The number of carbonyl (C=O) groups is 1. The molecule has 0 radical (unpaired) electrons. The van der Waals surface area contributed by atoms with Gasteiger partial charge in [0.15, 0.2) is 20.6 Å². The van der Waals surface area contributed by atoms with E-state index in [1.54, 1.807) is 11.0 Å². The maximum Gasteiger partial charge on any atom is 0.233 e. The minimum absolute atomic E-state index is 0.00227. The Labute approximate surface area is 161 Å². The number of hydrogen-bond donors (Lipinski definition) is 1. The van der Waals surface area contributed by atoms with Crippen LogP contribution in [0.3, 0.4) is 0 Å². The summed E-state index contributed by atoms with van der Waals surface area (Å²) in [5, 5.41) is 1.10. The van der Waals surface area contributed by atoms with Gasteiger partial charge in [0.05, 0.1) is 27.8 Å². The third-order valence-electron chi connectivity index (χ3n) is 4.57. The van der Waals surface area contributed by atoms with Crippen molar-refractivity contribution in [3.63, 3.8) is 0 Å². The van der Waals surface area contributed by atoms with E-state index in [1.165, 1.54) is 18.0 Å². The van der Waals surface area contributed by atoms with Gasteiger partial charge in [0.1, 0.15) is 0 Å². The standard InChI is InChI=1S/C16H21ClN4O3S2/c1-3-10(2)21(12-4-5-26(23,24)9-12)14(22)8-25-16-19-13-6-11(17)7-18-15(13)20-16/h6-7,10,12H,3-5,8-9H2,1-2H3,(H,18,19,20)/t10-,12-/m1/s1. The number of halogens is 1. The highest BCUT2D eigenvalue weighted by atomic mass is 35.5. The zero-order valence-electron chi connectivity index (χ0n) is 14.6. The van der Waals surface area contributed by atoms with Gasteiger partial charge in [-0.3, -0.25) is 4.79 Å². The van der Waals surface area contributed by atoms with Crippen molar-refractivity contribution < 1.29 is 13.2 Å². The molecule has 0 saturated carbocycles. The number of fused-ring (bicyclic) bond motifs is 1. The smallest absolute Gasteiger partial charge is 0.233 e. The van der Waals surface area contributed by atoms with Gasteiger partial charge < -0.3 is 9.88 Å². The second-order valence-corrected chi connectivity index (χ2v) is 10.1. The van der Waals surface area contributed by atoms with Crippen molar-refractivity contribution in [2.24, 2.45) is 0 Å². The van der Waals surface area contributed by atoms with Crippen LogP contribution in [0.5, 0.6) is 0 Å². The molecule has 142 valence electrons. The zero-order valence-corrected chi connectivity index (χ0v) is 17.0. The summed E-state index contributed by atoms with van der Waals surface area (Å²) >= 11 is 7.20. The van der Waals surface area contributed by atoms with Gasteiger partial charge in [0.2, 0.25) is 5.91 Å². The first-order chi connectivity index (χ1) is 12.3. The second kappa shape index (κ2) is 7.74. The fourth-order valence-corrected chi connectivity index (χ4v) is 5.74. The van der Waals surface area contributed by atoms with Crippen molar-refractivity contribution >= 4 is 50.3 Å². The molecule has 1 aliphatic heterocycles. The maximum absolute atomic E-state index is 12.8. The first-order valence-electron chi connectivity index (χ1n) is 8.44. The van der Waals surface area contributed by atoms with Crippen molar-refractivity contribution in [2.45, 2.75) is 43.9 Å². The van der Waals surface area contributed by atoms with Crippen LogP contribution in [0.25, 0.3) is 11.2 Å². The Bertz CT molecular complexity index is 915. The maximum atomic E-state index is 12.8. The van der Waals surface area contributed by atoms with E-state index in [0.29, 0.717) is 27.8 Å². The van der Waals surface area contributed by atoms with Gasteiger partial charge in [-0.2, -0.15) is 0 Å². The van der Waals surface area contributed by atoms with Crippen LogP contribution in [0.15, 0.2) is 17.4 Å². The van der Waals surface area contributed by atoms with E-state index in [4.69, 9.17) is 11.6 Å². The first kappa shape index (κ1) is 19.4. The van der Waals surface area contributed by atoms with E-state index < -0.39 is 9.84 Å². The molecule has 0 spiro atoms. The summed E-state index contributed by atoms with van der Waals surface area (Å²) in [7, 11) is -3.04. The highest BCUT2D eigenvalue weighted by molar-refractivity contribution is 7.99. The van der Waals surface area contributed by atoms with Gasteiger partial charge in [0.25, 0.3) is 0 Å². The fraction of sp³-hybridized carbons (Fsp3) is 0.562. The SMILES string of the molecule is CC[C@@H](C)N(C(=O)CSc1nc2ncc(Cl)cc2[nH]1)[C@@H]1CCS(=O)(=O)C1. The molecule has 3 rings (SSSR count). The Morgan fingerprint density at radius 1 is 1.54 bits per heavy atom. The van der Waals surface area contributed by atoms with E-state index in [-0.39, 0.29) is 35.2 Å². The van der Waals surface area contributed by atoms with Crippen LogP contribution in [-0.2, 0) is 14.6 Å². The molecule has 1 amide bonds. The van der Waals surface area contributed by atoms with Crippen LogP contribution in [-0.4, -0.2) is 63.5 Å². The number of aromatic nitrogens is 3. The number of amides is 1. The molecule has 1 saturated heterocycles. The number of hydrogen-bond acceptors (Lipinski definition) is 6. The Hall–Kier alpha value is -1.32. The molecule has 0 bridgehead atoms. The Morgan fingerprint density at radius 2 is 2.31 bits per heavy atom. The van der Waals surface area contributed by atoms with Crippen LogP contribution in [0.4, 0.5) is 0 Å².